The maximum Gasteiger partial charge on any atom is 0.305 e. The molecule has 1 saturated carbocycles. The van der Waals surface area contributed by atoms with Crippen LogP contribution < -0.4 is 0 Å². The number of para-hydroxylation sites is 1. The number of hydrogen-bond acceptors (Lipinski definition) is 4. The summed E-state index contributed by atoms with van der Waals surface area (Å²) in [7, 11) is 0. The Labute approximate surface area is 121 Å². The molecular formula is C15H15N3O3. The summed E-state index contributed by atoms with van der Waals surface area (Å²) in [5.74, 6) is -1.06. The van der Waals surface area contributed by atoms with Gasteiger partial charge in [-0.25, -0.2) is 0 Å². The molecule has 1 aliphatic carbocycles. The lowest BCUT2D eigenvalue weighted by molar-refractivity contribution is -0.137. The van der Waals surface area contributed by atoms with E-state index in [2.05, 4.69) is 9.97 Å². The molecule has 0 aliphatic heterocycles. The zero-order valence-electron chi connectivity index (χ0n) is 11.4. The maximum atomic E-state index is 12.7. The molecule has 1 aromatic heterocycles. The first-order valence-electron chi connectivity index (χ1n) is 6.89. The summed E-state index contributed by atoms with van der Waals surface area (Å²) in [6, 6.07) is 5.45. The Morgan fingerprint density at radius 2 is 2.00 bits per heavy atom. The third-order valence-corrected chi connectivity index (χ3v) is 3.54. The molecule has 1 N–H and O–H groups in total. The van der Waals surface area contributed by atoms with Gasteiger partial charge >= 0.3 is 5.97 Å². The van der Waals surface area contributed by atoms with Crippen molar-refractivity contribution in [2.24, 2.45) is 0 Å². The van der Waals surface area contributed by atoms with E-state index in [9.17, 15) is 9.59 Å². The predicted octanol–water partition coefficient (Wildman–Crippen LogP) is 1.71. The van der Waals surface area contributed by atoms with Gasteiger partial charge in [-0.3, -0.25) is 19.6 Å². The highest BCUT2D eigenvalue weighted by molar-refractivity contribution is 6.04. The molecular weight excluding hydrogens is 270 g/mol. The fourth-order valence-corrected chi connectivity index (χ4v) is 2.37. The molecule has 1 heterocycles. The third-order valence-electron chi connectivity index (χ3n) is 3.54. The molecule has 0 atom stereocenters. The number of amides is 1. The Kier molecular flexibility index (Phi) is 3.51. The summed E-state index contributed by atoms with van der Waals surface area (Å²) < 4.78 is 0. The van der Waals surface area contributed by atoms with Crippen molar-refractivity contribution in [3.63, 3.8) is 0 Å². The van der Waals surface area contributed by atoms with E-state index in [0.717, 1.165) is 12.8 Å². The lowest BCUT2D eigenvalue weighted by atomic mass is 10.1. The average molecular weight is 285 g/mol. The highest BCUT2D eigenvalue weighted by Crippen LogP contribution is 2.29. The van der Waals surface area contributed by atoms with E-state index < -0.39 is 5.97 Å². The number of carboxylic acids is 1. The molecule has 1 amide bonds. The van der Waals surface area contributed by atoms with Crippen molar-refractivity contribution in [3.8, 4) is 0 Å². The van der Waals surface area contributed by atoms with Gasteiger partial charge in [0.2, 0.25) is 0 Å². The van der Waals surface area contributed by atoms with Crippen LogP contribution in [-0.2, 0) is 4.79 Å². The highest BCUT2D eigenvalue weighted by Gasteiger charge is 2.33. The van der Waals surface area contributed by atoms with Crippen LogP contribution in [0.1, 0.15) is 29.6 Å². The van der Waals surface area contributed by atoms with Crippen molar-refractivity contribution < 1.29 is 14.7 Å². The number of aliphatic carboxylic acids is 1. The summed E-state index contributed by atoms with van der Waals surface area (Å²) in [6.07, 6.45) is 4.96. The zero-order chi connectivity index (χ0) is 14.8. The second-order valence-corrected chi connectivity index (χ2v) is 5.10. The third kappa shape index (κ3) is 2.84. The quantitative estimate of drug-likeness (QED) is 0.904. The average Bonchev–Trinajstić information content (AvgIpc) is 3.31. The smallest absolute Gasteiger partial charge is 0.305 e. The molecule has 0 radical (unpaired) electrons. The van der Waals surface area contributed by atoms with Crippen LogP contribution >= 0.6 is 0 Å². The molecule has 1 aromatic carbocycles. The van der Waals surface area contributed by atoms with Gasteiger partial charge < -0.3 is 10.0 Å². The van der Waals surface area contributed by atoms with Crippen molar-refractivity contribution >= 4 is 22.9 Å². The number of fused-ring (bicyclic) bond motifs is 1. The summed E-state index contributed by atoms with van der Waals surface area (Å²) in [4.78, 5) is 33.6. The van der Waals surface area contributed by atoms with Crippen LogP contribution in [-0.4, -0.2) is 44.4 Å². The number of carbonyl (C=O) groups excluding carboxylic acids is 1. The molecule has 0 saturated heterocycles. The number of hydrogen-bond donors (Lipinski definition) is 1. The van der Waals surface area contributed by atoms with Gasteiger partial charge in [0.25, 0.3) is 5.91 Å². The van der Waals surface area contributed by atoms with E-state index in [1.165, 1.54) is 0 Å². The second-order valence-electron chi connectivity index (χ2n) is 5.10. The van der Waals surface area contributed by atoms with E-state index in [0.29, 0.717) is 16.6 Å². The summed E-state index contributed by atoms with van der Waals surface area (Å²) in [5.41, 5.74) is 1.71. The zero-order valence-corrected chi connectivity index (χ0v) is 11.4. The molecule has 21 heavy (non-hydrogen) atoms. The molecule has 1 fully saturated rings. The van der Waals surface area contributed by atoms with Crippen LogP contribution in [0.5, 0.6) is 0 Å². The molecule has 0 spiro atoms. The minimum Gasteiger partial charge on any atom is -0.481 e. The van der Waals surface area contributed by atoms with Gasteiger partial charge in [-0.05, 0) is 25.0 Å². The Hall–Kier alpha value is -2.50. The van der Waals surface area contributed by atoms with Crippen LogP contribution in [0.4, 0.5) is 0 Å². The molecule has 108 valence electrons. The minimum atomic E-state index is -0.897. The fraction of sp³-hybridized carbons (Fsp3) is 0.333. The van der Waals surface area contributed by atoms with Gasteiger partial charge in [0.05, 0.1) is 17.5 Å². The summed E-state index contributed by atoms with van der Waals surface area (Å²) in [5, 5.41) is 8.83. The minimum absolute atomic E-state index is 0.0430. The molecule has 6 heteroatoms. The maximum absolute atomic E-state index is 12.7. The lowest BCUT2D eigenvalue weighted by Crippen LogP contribution is -2.35. The normalized spacial score (nSPS) is 14.1. The van der Waals surface area contributed by atoms with Crippen LogP contribution in [0.15, 0.2) is 30.6 Å². The molecule has 3 rings (SSSR count). The summed E-state index contributed by atoms with van der Waals surface area (Å²) in [6.45, 7) is 0.232. The number of carbonyl (C=O) groups is 2. The second kappa shape index (κ2) is 5.47. The van der Waals surface area contributed by atoms with Crippen molar-refractivity contribution in [3.05, 3.63) is 36.2 Å². The van der Waals surface area contributed by atoms with Crippen LogP contribution in [0.2, 0.25) is 0 Å². The highest BCUT2D eigenvalue weighted by atomic mass is 16.4. The van der Waals surface area contributed by atoms with Crippen LogP contribution in [0.25, 0.3) is 11.0 Å². The van der Waals surface area contributed by atoms with E-state index in [1.54, 1.807) is 35.5 Å². The van der Waals surface area contributed by atoms with Gasteiger partial charge in [-0.15, -0.1) is 0 Å². The topological polar surface area (TPSA) is 83.4 Å². The van der Waals surface area contributed by atoms with E-state index in [4.69, 9.17) is 5.11 Å². The predicted molar refractivity (Wildman–Crippen MR) is 75.8 cm³/mol. The Morgan fingerprint density at radius 1 is 1.24 bits per heavy atom. The number of carboxylic acid groups (broad SMARTS) is 1. The van der Waals surface area contributed by atoms with Crippen molar-refractivity contribution in [1.29, 1.82) is 0 Å². The fourth-order valence-electron chi connectivity index (χ4n) is 2.37. The van der Waals surface area contributed by atoms with E-state index >= 15 is 0 Å². The Bertz CT molecular complexity index is 692. The van der Waals surface area contributed by atoms with Gasteiger partial charge in [-0.1, -0.05) is 6.07 Å². The Balaban J connectivity index is 1.92. The largest absolute Gasteiger partial charge is 0.481 e. The van der Waals surface area contributed by atoms with Crippen molar-refractivity contribution in [2.75, 3.05) is 6.54 Å². The first kappa shape index (κ1) is 13.5. The first-order valence-corrected chi connectivity index (χ1v) is 6.89. The van der Waals surface area contributed by atoms with Crippen LogP contribution in [0.3, 0.4) is 0 Å². The first-order chi connectivity index (χ1) is 10.2. The van der Waals surface area contributed by atoms with Gasteiger partial charge in [0.15, 0.2) is 0 Å². The van der Waals surface area contributed by atoms with Crippen LogP contribution in [0, 0.1) is 0 Å². The molecule has 2 aromatic rings. The van der Waals surface area contributed by atoms with E-state index in [-0.39, 0.29) is 24.9 Å². The standard InChI is InChI=1S/C15H15N3O3/c19-13(20)6-9-18(10-4-5-10)15(21)11-2-1-3-12-14(11)17-8-7-16-12/h1-3,7-8,10H,4-6,9H2,(H,19,20). The number of nitrogens with zero attached hydrogens (tertiary/aromatic N) is 3. The molecule has 0 bridgehead atoms. The van der Waals surface area contributed by atoms with Crippen molar-refractivity contribution in [1.82, 2.24) is 14.9 Å². The van der Waals surface area contributed by atoms with Gasteiger partial charge in [-0.2, -0.15) is 0 Å². The lowest BCUT2D eigenvalue weighted by Gasteiger charge is -2.22. The van der Waals surface area contributed by atoms with Crippen molar-refractivity contribution in [2.45, 2.75) is 25.3 Å². The Morgan fingerprint density at radius 3 is 2.71 bits per heavy atom. The summed E-state index contributed by atoms with van der Waals surface area (Å²) >= 11 is 0. The number of aromatic nitrogens is 2. The monoisotopic (exact) mass is 285 g/mol. The SMILES string of the molecule is O=C(O)CCN(C(=O)c1cccc2nccnc12)C1CC1. The van der Waals surface area contributed by atoms with Gasteiger partial charge in [0.1, 0.15) is 5.52 Å². The van der Waals surface area contributed by atoms with Gasteiger partial charge in [0, 0.05) is 25.0 Å². The van der Waals surface area contributed by atoms with E-state index in [1.807, 2.05) is 0 Å². The number of rotatable bonds is 5. The molecule has 0 unspecified atom stereocenters. The molecule has 1 aliphatic rings. The number of benzene rings is 1. The molecule has 6 nitrogen and oxygen atoms in total.